The molecule has 0 fully saturated rings. The van der Waals surface area contributed by atoms with E-state index >= 15 is 0 Å². The Labute approximate surface area is 124 Å². The van der Waals surface area contributed by atoms with Gasteiger partial charge < -0.3 is 15.0 Å². The van der Waals surface area contributed by atoms with Crippen LogP contribution in [0, 0.1) is 0 Å². The van der Waals surface area contributed by atoms with E-state index in [0.717, 1.165) is 0 Å². The van der Waals surface area contributed by atoms with Crippen molar-refractivity contribution in [2.45, 2.75) is 17.5 Å². The monoisotopic (exact) mass is 310 g/mol. The molecule has 0 bridgehead atoms. The summed E-state index contributed by atoms with van der Waals surface area (Å²) in [5.41, 5.74) is 5.59. The first-order valence-corrected chi connectivity index (χ1v) is 6.90. The average molecular weight is 310 g/mol. The van der Waals surface area contributed by atoms with Crippen LogP contribution in [0.15, 0.2) is 22.2 Å². The van der Waals surface area contributed by atoms with Gasteiger partial charge in [0.15, 0.2) is 5.75 Å². The number of ether oxygens (including phenoxy) is 1. The van der Waals surface area contributed by atoms with Crippen LogP contribution in [-0.4, -0.2) is 37.8 Å². The number of hydrogen-bond donors (Lipinski definition) is 1. The first-order chi connectivity index (χ1) is 10.0. The van der Waals surface area contributed by atoms with Crippen molar-refractivity contribution in [1.82, 2.24) is 24.8 Å². The summed E-state index contributed by atoms with van der Waals surface area (Å²) >= 11 is 1.34. The molecule has 0 aliphatic heterocycles. The molecular weight excluding hydrogens is 296 g/mol. The molecule has 2 aromatic heterocycles. The molecule has 2 N–H and O–H groups in total. The first kappa shape index (κ1) is 15.0. The van der Waals surface area contributed by atoms with E-state index in [1.165, 1.54) is 35.8 Å². The van der Waals surface area contributed by atoms with Gasteiger partial charge in [0.05, 0.1) is 13.3 Å². The molecule has 0 aromatic carbocycles. The van der Waals surface area contributed by atoms with Gasteiger partial charge in [-0.25, -0.2) is 4.68 Å². The molecule has 112 valence electrons. The van der Waals surface area contributed by atoms with Crippen molar-refractivity contribution in [3.8, 4) is 5.75 Å². The molecule has 0 radical (unpaired) electrons. The van der Waals surface area contributed by atoms with Gasteiger partial charge in [0.25, 0.3) is 0 Å². The van der Waals surface area contributed by atoms with E-state index < -0.39 is 5.91 Å². The zero-order valence-electron chi connectivity index (χ0n) is 11.5. The molecule has 9 nitrogen and oxygen atoms in total. The Balaban J connectivity index is 2.28. The molecule has 0 spiro atoms. The number of hydrogen-bond acceptors (Lipinski definition) is 7. The van der Waals surface area contributed by atoms with Crippen LogP contribution in [0.5, 0.6) is 5.75 Å². The van der Waals surface area contributed by atoms with Crippen molar-refractivity contribution >= 4 is 17.7 Å². The Bertz CT molecular complexity index is 710. The molecular formula is C11H14N6O3S. The van der Waals surface area contributed by atoms with Crippen LogP contribution in [0.3, 0.4) is 0 Å². The van der Waals surface area contributed by atoms with Gasteiger partial charge in [-0.1, -0.05) is 11.8 Å². The predicted octanol–water partition coefficient (Wildman–Crippen LogP) is -0.842. The molecule has 0 saturated carbocycles. The molecule has 2 heterocycles. The molecule has 0 aliphatic rings. The van der Waals surface area contributed by atoms with Crippen LogP contribution in [0.4, 0.5) is 0 Å². The topological polar surface area (TPSA) is 118 Å². The lowest BCUT2D eigenvalue weighted by atomic mass is 10.3. The number of carbonyl (C=O) groups is 1. The van der Waals surface area contributed by atoms with Crippen molar-refractivity contribution in [3.63, 3.8) is 0 Å². The minimum atomic E-state index is -0.507. The van der Waals surface area contributed by atoms with Crippen molar-refractivity contribution in [3.05, 3.63) is 28.2 Å². The number of pyridine rings is 1. The number of methoxy groups -OCH3 is 1. The Kier molecular flexibility index (Phi) is 4.58. The number of nitrogens with two attached hydrogens (primary N) is 1. The van der Waals surface area contributed by atoms with Crippen molar-refractivity contribution in [2.75, 3.05) is 7.11 Å². The molecule has 21 heavy (non-hydrogen) atoms. The third-order valence-electron chi connectivity index (χ3n) is 2.66. The molecule has 0 saturated heterocycles. The standard InChI is InChI=1S/C11H14N6O3S/c1-16-11(13-14-15-16)21-6-7-3-8(18)9(20-2)4-17(7)5-10(12)19/h3-4H,5-6H2,1-2H3,(H2,12,19). The average Bonchev–Trinajstić information content (AvgIpc) is 2.83. The molecule has 2 aromatic rings. The van der Waals surface area contributed by atoms with Gasteiger partial charge in [0.2, 0.25) is 16.5 Å². The van der Waals surface area contributed by atoms with E-state index in [9.17, 15) is 9.59 Å². The fourth-order valence-corrected chi connectivity index (χ4v) is 2.51. The van der Waals surface area contributed by atoms with Gasteiger partial charge >= 0.3 is 0 Å². The highest BCUT2D eigenvalue weighted by molar-refractivity contribution is 7.98. The minimum absolute atomic E-state index is 0.0381. The number of nitrogens with zero attached hydrogens (tertiary/aromatic N) is 5. The van der Waals surface area contributed by atoms with Gasteiger partial charge in [-0.05, 0) is 10.4 Å². The van der Waals surface area contributed by atoms with Gasteiger partial charge in [-0.15, -0.1) is 5.10 Å². The van der Waals surface area contributed by atoms with Gasteiger partial charge in [-0.3, -0.25) is 9.59 Å². The van der Waals surface area contributed by atoms with Crippen LogP contribution in [0.25, 0.3) is 0 Å². The number of aryl methyl sites for hydroxylation is 1. The first-order valence-electron chi connectivity index (χ1n) is 5.92. The highest BCUT2D eigenvalue weighted by atomic mass is 32.2. The Morgan fingerprint density at radius 2 is 2.29 bits per heavy atom. The largest absolute Gasteiger partial charge is 0.491 e. The van der Waals surface area contributed by atoms with E-state index in [-0.39, 0.29) is 17.7 Å². The highest BCUT2D eigenvalue weighted by Crippen LogP contribution is 2.19. The third kappa shape index (κ3) is 3.60. The van der Waals surface area contributed by atoms with Gasteiger partial charge in [0, 0.05) is 24.6 Å². The van der Waals surface area contributed by atoms with Gasteiger partial charge in [0.1, 0.15) is 6.54 Å². The lowest BCUT2D eigenvalue weighted by Crippen LogP contribution is -2.22. The van der Waals surface area contributed by atoms with Crippen LogP contribution >= 0.6 is 11.8 Å². The van der Waals surface area contributed by atoms with Crippen molar-refractivity contribution < 1.29 is 9.53 Å². The van der Waals surface area contributed by atoms with E-state index in [1.54, 1.807) is 11.6 Å². The molecule has 2 rings (SSSR count). The second kappa shape index (κ2) is 6.39. The van der Waals surface area contributed by atoms with E-state index in [2.05, 4.69) is 15.5 Å². The zero-order valence-corrected chi connectivity index (χ0v) is 12.3. The number of thioether (sulfide) groups is 1. The SMILES string of the molecule is COc1cn(CC(N)=O)c(CSc2nnnn2C)cc1=O. The quantitative estimate of drug-likeness (QED) is 0.691. The predicted molar refractivity (Wildman–Crippen MR) is 74.8 cm³/mol. The van der Waals surface area contributed by atoms with Crippen LogP contribution in [0.1, 0.15) is 5.69 Å². The second-order valence-corrected chi connectivity index (χ2v) is 5.11. The van der Waals surface area contributed by atoms with E-state index in [4.69, 9.17) is 10.5 Å². The fraction of sp³-hybridized carbons (Fsp3) is 0.364. The lowest BCUT2D eigenvalue weighted by Gasteiger charge is -2.12. The highest BCUT2D eigenvalue weighted by Gasteiger charge is 2.11. The summed E-state index contributed by atoms with van der Waals surface area (Å²) in [6.07, 6.45) is 1.47. The normalized spacial score (nSPS) is 10.6. The summed E-state index contributed by atoms with van der Waals surface area (Å²) in [4.78, 5) is 23.0. The lowest BCUT2D eigenvalue weighted by molar-refractivity contribution is -0.118. The summed E-state index contributed by atoms with van der Waals surface area (Å²) in [5, 5.41) is 11.7. The summed E-state index contributed by atoms with van der Waals surface area (Å²) in [6.45, 7) is -0.0381. The Morgan fingerprint density at radius 1 is 1.52 bits per heavy atom. The maximum absolute atomic E-state index is 11.8. The van der Waals surface area contributed by atoms with E-state index in [0.29, 0.717) is 16.6 Å². The van der Waals surface area contributed by atoms with Crippen LogP contribution in [0.2, 0.25) is 0 Å². The number of primary amides is 1. The molecule has 1 amide bonds. The van der Waals surface area contributed by atoms with Crippen molar-refractivity contribution in [2.24, 2.45) is 12.8 Å². The summed E-state index contributed by atoms with van der Waals surface area (Å²) in [6, 6.07) is 1.42. The van der Waals surface area contributed by atoms with Gasteiger partial charge in [-0.2, -0.15) is 0 Å². The number of carbonyl (C=O) groups excluding carboxylic acids is 1. The van der Waals surface area contributed by atoms with Crippen LogP contribution in [-0.2, 0) is 24.1 Å². The Hall–Kier alpha value is -2.36. The Morgan fingerprint density at radius 3 is 2.86 bits per heavy atom. The second-order valence-electron chi connectivity index (χ2n) is 4.17. The number of aromatic nitrogens is 5. The van der Waals surface area contributed by atoms with Crippen molar-refractivity contribution in [1.29, 1.82) is 0 Å². The summed E-state index contributed by atoms with van der Waals surface area (Å²) < 4.78 is 8.06. The molecule has 0 atom stereocenters. The summed E-state index contributed by atoms with van der Waals surface area (Å²) in [7, 11) is 3.11. The maximum Gasteiger partial charge on any atom is 0.237 e. The minimum Gasteiger partial charge on any atom is -0.491 e. The molecule has 0 unspecified atom stereocenters. The smallest absolute Gasteiger partial charge is 0.237 e. The fourth-order valence-electron chi connectivity index (χ4n) is 1.67. The van der Waals surface area contributed by atoms with Crippen LogP contribution < -0.4 is 15.9 Å². The molecule has 10 heteroatoms. The summed E-state index contributed by atoms with van der Waals surface area (Å²) in [5.74, 6) is 0.0679. The number of tetrazole rings is 1. The number of amides is 1. The molecule has 0 aliphatic carbocycles. The zero-order chi connectivity index (χ0) is 15.4. The van der Waals surface area contributed by atoms with E-state index in [1.807, 2.05) is 0 Å². The third-order valence-corrected chi connectivity index (χ3v) is 3.70. The maximum atomic E-state index is 11.8. The number of rotatable bonds is 6.